The molecule has 0 aliphatic carbocycles. The van der Waals surface area contributed by atoms with Gasteiger partial charge in [-0.15, -0.1) is 11.3 Å². The number of hydrogen-bond donors (Lipinski definition) is 1. The minimum atomic E-state index is -0.280. The van der Waals surface area contributed by atoms with E-state index >= 15 is 0 Å². The molecule has 1 aliphatic heterocycles. The molecule has 1 fully saturated rings. The zero-order chi connectivity index (χ0) is 23.2. The summed E-state index contributed by atoms with van der Waals surface area (Å²) in [6.45, 7) is 5.83. The van der Waals surface area contributed by atoms with Gasteiger partial charge in [-0.1, -0.05) is 66.2 Å². The van der Waals surface area contributed by atoms with Crippen molar-refractivity contribution in [1.82, 2.24) is 9.80 Å². The molecule has 0 atom stereocenters. The van der Waals surface area contributed by atoms with Crippen LogP contribution in [-0.4, -0.2) is 54.3 Å². The van der Waals surface area contributed by atoms with E-state index in [1.807, 2.05) is 36.1 Å². The molecule has 1 aromatic heterocycles. The number of aryl methyl sites for hydroxylation is 1. The van der Waals surface area contributed by atoms with Crippen LogP contribution in [0.4, 0.5) is 5.00 Å². The van der Waals surface area contributed by atoms with Crippen LogP contribution in [0.5, 0.6) is 0 Å². The molecular weight excluding hydrogens is 454 g/mol. The first kappa shape index (κ1) is 23.2. The molecule has 0 bridgehead atoms. The summed E-state index contributed by atoms with van der Waals surface area (Å²) in [6, 6.07) is 19.0. The lowest BCUT2D eigenvalue weighted by Gasteiger charge is -2.34. The van der Waals surface area contributed by atoms with Crippen LogP contribution >= 0.6 is 22.9 Å². The van der Waals surface area contributed by atoms with E-state index in [9.17, 15) is 9.59 Å². The molecule has 0 radical (unpaired) electrons. The zero-order valence-corrected chi connectivity index (χ0v) is 20.0. The fourth-order valence-corrected chi connectivity index (χ4v) is 5.02. The third-order valence-corrected chi connectivity index (χ3v) is 7.07. The Hall–Kier alpha value is -2.93. The maximum atomic E-state index is 13.1. The first-order chi connectivity index (χ1) is 16.0. The second-order valence-electron chi connectivity index (χ2n) is 7.96. The minimum Gasteiger partial charge on any atom is -0.335 e. The molecular formula is C26H26ClN3O2S. The lowest BCUT2D eigenvalue weighted by molar-refractivity contribution is 0.0654. The summed E-state index contributed by atoms with van der Waals surface area (Å²) in [5.41, 5.74) is 2.47. The molecule has 1 aliphatic rings. The average molecular weight is 480 g/mol. The Labute approximate surface area is 203 Å². The van der Waals surface area contributed by atoms with Crippen molar-refractivity contribution in [3.8, 4) is 0 Å². The Kier molecular flexibility index (Phi) is 7.60. The third kappa shape index (κ3) is 5.90. The smallest absolute Gasteiger partial charge is 0.264 e. The topological polar surface area (TPSA) is 52.7 Å². The van der Waals surface area contributed by atoms with E-state index in [-0.39, 0.29) is 11.8 Å². The molecule has 5 nitrogen and oxygen atoms in total. The number of anilines is 1. The minimum absolute atomic E-state index is 0.0234. The molecule has 1 saturated heterocycles. The summed E-state index contributed by atoms with van der Waals surface area (Å²) in [5, 5.41) is 3.91. The number of nitrogens with zero attached hydrogens (tertiary/aromatic N) is 2. The van der Waals surface area contributed by atoms with Gasteiger partial charge in [0.15, 0.2) is 0 Å². The maximum absolute atomic E-state index is 13.1. The zero-order valence-electron chi connectivity index (χ0n) is 18.5. The summed E-state index contributed by atoms with van der Waals surface area (Å²) >= 11 is 7.43. The molecule has 3 aromatic rings. The van der Waals surface area contributed by atoms with Crippen molar-refractivity contribution >= 4 is 45.8 Å². The Morgan fingerprint density at radius 2 is 1.73 bits per heavy atom. The number of amides is 2. The monoisotopic (exact) mass is 479 g/mol. The molecule has 2 aromatic carbocycles. The second kappa shape index (κ2) is 10.8. The molecule has 7 heteroatoms. The number of carbonyl (C=O) groups is 2. The van der Waals surface area contributed by atoms with E-state index in [4.69, 9.17) is 11.6 Å². The summed E-state index contributed by atoms with van der Waals surface area (Å²) in [5.74, 6) is -0.256. The van der Waals surface area contributed by atoms with Crippen LogP contribution in [0.3, 0.4) is 0 Å². The number of halogens is 1. The molecule has 0 unspecified atom stereocenters. The number of nitrogens with one attached hydrogen (secondary N) is 1. The Balaban J connectivity index is 1.32. The van der Waals surface area contributed by atoms with E-state index < -0.39 is 0 Å². The van der Waals surface area contributed by atoms with E-state index in [0.717, 1.165) is 25.2 Å². The SMILES string of the molecule is Cc1cc(NC(=O)c2ccccc2Cl)sc1C(=O)N1CCN(C/C=C/c2ccccc2)CC1. The van der Waals surface area contributed by atoms with Gasteiger partial charge in [-0.3, -0.25) is 14.5 Å². The highest BCUT2D eigenvalue weighted by Crippen LogP contribution is 2.29. The summed E-state index contributed by atoms with van der Waals surface area (Å²) < 4.78 is 0. The van der Waals surface area contributed by atoms with Gasteiger partial charge < -0.3 is 10.2 Å². The Morgan fingerprint density at radius 3 is 2.45 bits per heavy atom. The molecule has 4 rings (SSSR count). The fourth-order valence-electron chi connectivity index (χ4n) is 3.76. The molecule has 1 N–H and O–H groups in total. The number of hydrogen-bond acceptors (Lipinski definition) is 4. The lowest BCUT2D eigenvalue weighted by atomic mass is 10.2. The predicted octanol–water partition coefficient (Wildman–Crippen LogP) is 5.43. The van der Waals surface area contributed by atoms with E-state index in [1.165, 1.54) is 16.9 Å². The normalized spacial score (nSPS) is 14.5. The van der Waals surface area contributed by atoms with Gasteiger partial charge in [0.25, 0.3) is 11.8 Å². The van der Waals surface area contributed by atoms with Gasteiger partial charge in [-0.05, 0) is 36.2 Å². The lowest BCUT2D eigenvalue weighted by Crippen LogP contribution is -2.48. The molecule has 0 spiro atoms. The maximum Gasteiger partial charge on any atom is 0.264 e. The Morgan fingerprint density at radius 1 is 1.03 bits per heavy atom. The van der Waals surface area contributed by atoms with Crippen molar-refractivity contribution < 1.29 is 9.59 Å². The Bertz CT molecular complexity index is 1150. The number of benzene rings is 2. The molecule has 170 valence electrons. The van der Waals surface area contributed by atoms with Crippen LogP contribution in [-0.2, 0) is 0 Å². The van der Waals surface area contributed by atoms with E-state index in [2.05, 4.69) is 34.5 Å². The first-order valence-electron chi connectivity index (χ1n) is 10.9. The second-order valence-corrected chi connectivity index (χ2v) is 9.42. The van der Waals surface area contributed by atoms with Gasteiger partial charge >= 0.3 is 0 Å². The van der Waals surface area contributed by atoms with Crippen molar-refractivity contribution in [3.05, 3.63) is 93.3 Å². The highest BCUT2D eigenvalue weighted by Gasteiger charge is 2.25. The highest BCUT2D eigenvalue weighted by atomic mass is 35.5. The van der Waals surface area contributed by atoms with Crippen LogP contribution in [0.2, 0.25) is 5.02 Å². The first-order valence-corrected chi connectivity index (χ1v) is 12.1. The molecule has 2 heterocycles. The molecule has 33 heavy (non-hydrogen) atoms. The van der Waals surface area contributed by atoms with Crippen molar-refractivity contribution in [1.29, 1.82) is 0 Å². The fraction of sp³-hybridized carbons (Fsp3) is 0.231. The molecule has 0 saturated carbocycles. The average Bonchev–Trinajstić information content (AvgIpc) is 3.19. The van der Waals surface area contributed by atoms with Crippen LogP contribution in [0.25, 0.3) is 6.08 Å². The van der Waals surface area contributed by atoms with Gasteiger partial charge in [0.05, 0.1) is 20.5 Å². The van der Waals surface area contributed by atoms with Crippen LogP contribution in [0.15, 0.2) is 66.7 Å². The number of carbonyl (C=O) groups excluding carboxylic acids is 2. The van der Waals surface area contributed by atoms with Gasteiger partial charge in [0, 0.05) is 32.7 Å². The molecule has 2 amide bonds. The van der Waals surface area contributed by atoms with Gasteiger partial charge in [-0.25, -0.2) is 0 Å². The summed E-state index contributed by atoms with van der Waals surface area (Å²) in [6.07, 6.45) is 4.30. The summed E-state index contributed by atoms with van der Waals surface area (Å²) in [7, 11) is 0. The van der Waals surface area contributed by atoms with Gasteiger partial charge in [0.1, 0.15) is 0 Å². The largest absolute Gasteiger partial charge is 0.335 e. The third-order valence-electron chi connectivity index (χ3n) is 5.60. The van der Waals surface area contributed by atoms with Crippen molar-refractivity contribution in [3.63, 3.8) is 0 Å². The van der Waals surface area contributed by atoms with Crippen molar-refractivity contribution in [2.45, 2.75) is 6.92 Å². The predicted molar refractivity (Wildman–Crippen MR) is 136 cm³/mol. The van der Waals surface area contributed by atoms with Crippen LogP contribution in [0.1, 0.15) is 31.2 Å². The van der Waals surface area contributed by atoms with Crippen LogP contribution < -0.4 is 5.32 Å². The summed E-state index contributed by atoms with van der Waals surface area (Å²) in [4.78, 5) is 30.6. The number of rotatable bonds is 6. The van der Waals surface area contributed by atoms with E-state index in [1.54, 1.807) is 24.3 Å². The van der Waals surface area contributed by atoms with Crippen molar-refractivity contribution in [2.24, 2.45) is 0 Å². The highest BCUT2D eigenvalue weighted by molar-refractivity contribution is 7.18. The van der Waals surface area contributed by atoms with Crippen molar-refractivity contribution in [2.75, 3.05) is 38.0 Å². The van der Waals surface area contributed by atoms with Gasteiger partial charge in [0.2, 0.25) is 0 Å². The number of thiophene rings is 1. The van der Waals surface area contributed by atoms with Gasteiger partial charge in [-0.2, -0.15) is 0 Å². The standard InChI is InChI=1S/C26H26ClN3O2S/c1-19-18-23(28-25(31)21-11-5-6-12-22(21)27)33-24(19)26(32)30-16-14-29(15-17-30)13-7-10-20-8-3-2-4-9-20/h2-12,18H,13-17H2,1H3,(H,28,31)/b10-7+. The van der Waals surface area contributed by atoms with Crippen LogP contribution in [0, 0.1) is 6.92 Å². The number of piperazine rings is 1. The van der Waals surface area contributed by atoms with E-state index in [0.29, 0.717) is 33.6 Å². The quantitative estimate of drug-likeness (QED) is 0.512.